The van der Waals surface area contributed by atoms with Gasteiger partial charge < -0.3 is 15.2 Å². The first-order chi connectivity index (χ1) is 9.63. The maximum atomic E-state index is 11.9. The molecule has 0 atom stereocenters. The number of para-hydroxylation sites is 1. The van der Waals surface area contributed by atoms with Crippen LogP contribution in [-0.4, -0.2) is 33.8 Å². The molecule has 0 radical (unpaired) electrons. The molecule has 0 saturated heterocycles. The van der Waals surface area contributed by atoms with Crippen molar-refractivity contribution in [3.63, 3.8) is 0 Å². The number of anilines is 2. The Morgan fingerprint density at radius 1 is 1.35 bits per heavy atom. The van der Waals surface area contributed by atoms with E-state index >= 15 is 0 Å². The number of carbonyl (C=O) groups excluding carboxylic acids is 1. The molecule has 0 bridgehead atoms. The second kappa shape index (κ2) is 5.87. The highest BCUT2D eigenvalue weighted by Gasteiger charge is 2.25. The van der Waals surface area contributed by atoms with Gasteiger partial charge in [-0.3, -0.25) is 5.10 Å². The normalized spacial score (nSPS) is 10.1. The second-order valence-electron chi connectivity index (χ2n) is 3.84. The summed E-state index contributed by atoms with van der Waals surface area (Å²) < 4.78 is 4.85. The minimum atomic E-state index is -1.28. The van der Waals surface area contributed by atoms with Crippen LogP contribution in [-0.2, 0) is 4.74 Å². The van der Waals surface area contributed by atoms with Gasteiger partial charge in [-0.25, -0.2) is 9.59 Å². The van der Waals surface area contributed by atoms with E-state index in [0.29, 0.717) is 5.69 Å². The first kappa shape index (κ1) is 13.6. The van der Waals surface area contributed by atoms with Gasteiger partial charge in [0.25, 0.3) is 0 Å². The first-order valence-electron chi connectivity index (χ1n) is 5.94. The lowest BCUT2D eigenvalue weighted by molar-refractivity contribution is 0.0515. The summed E-state index contributed by atoms with van der Waals surface area (Å²) in [6.07, 6.45) is 0. The Bertz CT molecular complexity index is 622. The van der Waals surface area contributed by atoms with Crippen LogP contribution in [0.25, 0.3) is 0 Å². The van der Waals surface area contributed by atoms with Gasteiger partial charge in [-0.05, 0) is 19.1 Å². The molecule has 104 valence electrons. The van der Waals surface area contributed by atoms with Crippen LogP contribution in [0.2, 0.25) is 0 Å². The van der Waals surface area contributed by atoms with Crippen molar-refractivity contribution in [2.75, 3.05) is 11.9 Å². The van der Waals surface area contributed by atoms with Crippen molar-refractivity contribution in [2.45, 2.75) is 6.92 Å². The molecule has 7 nitrogen and oxygen atoms in total. The van der Waals surface area contributed by atoms with E-state index in [0.717, 1.165) is 0 Å². The highest BCUT2D eigenvalue weighted by atomic mass is 16.5. The number of aromatic amines is 1. The van der Waals surface area contributed by atoms with E-state index in [-0.39, 0.29) is 23.7 Å². The third-order valence-electron chi connectivity index (χ3n) is 2.50. The van der Waals surface area contributed by atoms with Crippen molar-refractivity contribution >= 4 is 23.4 Å². The molecule has 1 aromatic heterocycles. The van der Waals surface area contributed by atoms with Gasteiger partial charge in [0.2, 0.25) is 0 Å². The predicted molar refractivity (Wildman–Crippen MR) is 71.2 cm³/mol. The van der Waals surface area contributed by atoms with Crippen molar-refractivity contribution < 1.29 is 19.4 Å². The van der Waals surface area contributed by atoms with E-state index in [2.05, 4.69) is 15.5 Å². The Balaban J connectivity index is 2.38. The third kappa shape index (κ3) is 2.77. The minimum Gasteiger partial charge on any atom is -0.477 e. The maximum Gasteiger partial charge on any atom is 0.354 e. The Morgan fingerprint density at radius 3 is 2.65 bits per heavy atom. The van der Waals surface area contributed by atoms with E-state index in [9.17, 15) is 9.59 Å². The fraction of sp³-hybridized carbons (Fsp3) is 0.154. The minimum absolute atomic E-state index is 0.118. The van der Waals surface area contributed by atoms with Gasteiger partial charge in [-0.1, -0.05) is 18.2 Å². The predicted octanol–water partition coefficient (Wildman–Crippen LogP) is 2.03. The maximum absolute atomic E-state index is 11.9. The number of nitrogens with zero attached hydrogens (tertiary/aromatic N) is 1. The van der Waals surface area contributed by atoms with Crippen LogP contribution in [0.1, 0.15) is 27.8 Å². The molecule has 2 aromatic rings. The smallest absolute Gasteiger partial charge is 0.354 e. The molecular weight excluding hydrogens is 262 g/mol. The zero-order valence-corrected chi connectivity index (χ0v) is 10.7. The molecule has 0 aliphatic heterocycles. The summed E-state index contributed by atoms with van der Waals surface area (Å²) in [4.78, 5) is 22.9. The molecule has 1 heterocycles. The summed E-state index contributed by atoms with van der Waals surface area (Å²) in [6, 6.07) is 8.98. The number of benzene rings is 1. The number of rotatable bonds is 5. The topological polar surface area (TPSA) is 104 Å². The molecule has 0 spiro atoms. The molecule has 0 unspecified atom stereocenters. The van der Waals surface area contributed by atoms with Gasteiger partial charge in [0.1, 0.15) is 5.56 Å². The molecule has 2 rings (SSSR count). The van der Waals surface area contributed by atoms with Gasteiger partial charge in [0.05, 0.1) is 6.61 Å². The van der Waals surface area contributed by atoms with Crippen LogP contribution in [0.4, 0.5) is 11.5 Å². The zero-order valence-electron chi connectivity index (χ0n) is 10.7. The SMILES string of the molecule is CCOC(=O)c1c(Nc2ccccc2)n[nH]c1C(=O)O. The zero-order chi connectivity index (χ0) is 14.5. The van der Waals surface area contributed by atoms with Gasteiger partial charge in [-0.15, -0.1) is 0 Å². The molecule has 20 heavy (non-hydrogen) atoms. The van der Waals surface area contributed by atoms with E-state index < -0.39 is 11.9 Å². The first-order valence-corrected chi connectivity index (χ1v) is 5.94. The van der Waals surface area contributed by atoms with Gasteiger partial charge >= 0.3 is 11.9 Å². The summed E-state index contributed by atoms with van der Waals surface area (Å²) in [5.74, 6) is -1.90. The molecule has 1 aromatic carbocycles. The number of ether oxygens (including phenoxy) is 1. The van der Waals surface area contributed by atoms with Crippen molar-refractivity contribution in [1.82, 2.24) is 10.2 Å². The number of hydrogen-bond donors (Lipinski definition) is 3. The van der Waals surface area contributed by atoms with Crippen LogP contribution in [0.3, 0.4) is 0 Å². The fourth-order valence-corrected chi connectivity index (χ4v) is 1.65. The summed E-state index contributed by atoms with van der Waals surface area (Å²) >= 11 is 0. The van der Waals surface area contributed by atoms with Crippen molar-refractivity contribution in [1.29, 1.82) is 0 Å². The summed E-state index contributed by atoms with van der Waals surface area (Å²) in [7, 11) is 0. The number of esters is 1. The van der Waals surface area contributed by atoms with E-state index in [4.69, 9.17) is 9.84 Å². The summed E-state index contributed by atoms with van der Waals surface area (Å²) in [5, 5.41) is 18.1. The van der Waals surface area contributed by atoms with E-state index in [1.807, 2.05) is 6.07 Å². The van der Waals surface area contributed by atoms with Gasteiger partial charge in [-0.2, -0.15) is 5.10 Å². The van der Waals surface area contributed by atoms with Crippen molar-refractivity contribution in [3.8, 4) is 0 Å². The lowest BCUT2D eigenvalue weighted by atomic mass is 10.2. The molecule has 0 aliphatic rings. The number of H-pyrrole nitrogens is 1. The largest absolute Gasteiger partial charge is 0.477 e. The quantitative estimate of drug-likeness (QED) is 0.721. The Morgan fingerprint density at radius 2 is 2.05 bits per heavy atom. The molecule has 0 amide bonds. The Kier molecular flexibility index (Phi) is 3.99. The van der Waals surface area contributed by atoms with Gasteiger partial charge in [0, 0.05) is 5.69 Å². The van der Waals surface area contributed by atoms with Crippen molar-refractivity contribution in [3.05, 3.63) is 41.6 Å². The molecule has 7 heteroatoms. The van der Waals surface area contributed by atoms with Crippen LogP contribution in [0.15, 0.2) is 30.3 Å². The monoisotopic (exact) mass is 275 g/mol. The number of carboxylic acid groups (broad SMARTS) is 1. The average molecular weight is 275 g/mol. The number of carbonyl (C=O) groups is 2. The molecule has 0 saturated carbocycles. The highest BCUT2D eigenvalue weighted by Crippen LogP contribution is 2.22. The Labute approximate surface area is 114 Å². The van der Waals surface area contributed by atoms with Crippen LogP contribution < -0.4 is 5.32 Å². The lowest BCUT2D eigenvalue weighted by Gasteiger charge is -2.06. The highest BCUT2D eigenvalue weighted by molar-refractivity contribution is 6.05. The number of aromatic carboxylic acids is 1. The molecule has 0 aliphatic carbocycles. The number of hydrogen-bond acceptors (Lipinski definition) is 5. The number of aromatic nitrogens is 2. The lowest BCUT2D eigenvalue weighted by Crippen LogP contribution is -2.12. The van der Waals surface area contributed by atoms with Gasteiger partial charge in [0.15, 0.2) is 11.5 Å². The average Bonchev–Trinajstić information content (AvgIpc) is 2.84. The molecule has 0 fully saturated rings. The molecule has 3 N–H and O–H groups in total. The summed E-state index contributed by atoms with van der Waals surface area (Å²) in [5.41, 5.74) is 0.256. The van der Waals surface area contributed by atoms with Crippen LogP contribution in [0, 0.1) is 0 Å². The summed E-state index contributed by atoms with van der Waals surface area (Å²) in [6.45, 7) is 1.79. The Hall–Kier alpha value is -2.83. The second-order valence-corrected chi connectivity index (χ2v) is 3.84. The third-order valence-corrected chi connectivity index (χ3v) is 2.50. The van der Waals surface area contributed by atoms with E-state index in [1.165, 1.54) is 0 Å². The van der Waals surface area contributed by atoms with Crippen molar-refractivity contribution in [2.24, 2.45) is 0 Å². The molecular formula is C13H13N3O4. The number of carboxylic acids is 1. The van der Waals surface area contributed by atoms with Crippen LogP contribution in [0.5, 0.6) is 0 Å². The van der Waals surface area contributed by atoms with E-state index in [1.54, 1.807) is 31.2 Å². The number of nitrogens with one attached hydrogen (secondary N) is 2. The standard InChI is InChI=1S/C13H13N3O4/c1-2-20-13(19)9-10(12(17)18)15-16-11(9)14-8-6-4-3-5-7-8/h3-7H,2H2,1H3,(H,17,18)(H2,14,15,16). The van der Waals surface area contributed by atoms with Crippen LogP contribution >= 0.6 is 0 Å². The fourth-order valence-electron chi connectivity index (χ4n) is 1.65.